The summed E-state index contributed by atoms with van der Waals surface area (Å²) in [6.07, 6.45) is 6.35. The van der Waals surface area contributed by atoms with Crippen molar-refractivity contribution in [3.8, 4) is 0 Å². The van der Waals surface area contributed by atoms with Crippen LogP contribution >= 0.6 is 24.0 Å². The Kier molecular flexibility index (Phi) is 11.3. The van der Waals surface area contributed by atoms with Gasteiger partial charge in [-0.3, -0.25) is 4.99 Å². The number of amides is 1. The lowest BCUT2D eigenvalue weighted by molar-refractivity contribution is 0.0490. The normalized spacial score (nSPS) is 24.1. The lowest BCUT2D eigenvalue weighted by Crippen LogP contribution is -2.49. The van der Waals surface area contributed by atoms with E-state index >= 15 is 0 Å². The fourth-order valence-electron chi connectivity index (χ4n) is 3.93. The number of aliphatic imine (C=N–C) groups is 1. The summed E-state index contributed by atoms with van der Waals surface area (Å²) < 4.78 is 30.1. The number of carbonyl (C=O) groups excluding carboxylic acids is 1. The molecule has 31 heavy (non-hydrogen) atoms. The van der Waals surface area contributed by atoms with E-state index in [0.717, 1.165) is 51.0 Å². The zero-order valence-corrected chi connectivity index (χ0v) is 22.6. The van der Waals surface area contributed by atoms with Crippen molar-refractivity contribution in [2.24, 2.45) is 10.9 Å². The number of halogens is 1. The first kappa shape index (κ1) is 28.2. The van der Waals surface area contributed by atoms with E-state index in [0.29, 0.717) is 25.0 Å². The number of guanidine groups is 1. The van der Waals surface area contributed by atoms with E-state index in [-0.39, 0.29) is 36.1 Å². The molecule has 1 amide bonds. The van der Waals surface area contributed by atoms with Crippen LogP contribution in [0.1, 0.15) is 59.3 Å². The molecule has 182 valence electrons. The van der Waals surface area contributed by atoms with Crippen molar-refractivity contribution in [3.63, 3.8) is 0 Å². The van der Waals surface area contributed by atoms with Gasteiger partial charge in [-0.05, 0) is 65.2 Å². The van der Waals surface area contributed by atoms with Crippen molar-refractivity contribution >= 4 is 46.1 Å². The number of hydrogen-bond donors (Lipinski definition) is 3. The van der Waals surface area contributed by atoms with E-state index in [1.165, 1.54) is 6.26 Å². The molecule has 1 saturated heterocycles. The summed E-state index contributed by atoms with van der Waals surface area (Å²) in [5.74, 6) is 1.22. The maximum atomic E-state index is 11.9. The SMILES string of the molecule is CN=C(NCC1CCN(S(C)(=O)=O)CC1)NC1CCC(NC(=O)OC(C)(C)C)CC1.I. The molecule has 0 unspecified atom stereocenters. The molecule has 0 aromatic heterocycles. The minimum absolute atomic E-state index is 0. The summed E-state index contributed by atoms with van der Waals surface area (Å²) in [6.45, 7) is 7.55. The van der Waals surface area contributed by atoms with Crippen molar-refractivity contribution in [2.45, 2.75) is 77.0 Å². The third-order valence-electron chi connectivity index (χ3n) is 5.61. The molecule has 1 saturated carbocycles. The summed E-state index contributed by atoms with van der Waals surface area (Å²) in [4.78, 5) is 16.3. The molecular formula is C20H40IN5O4S. The highest BCUT2D eigenvalue weighted by atomic mass is 127. The molecule has 0 spiro atoms. The van der Waals surface area contributed by atoms with Crippen LogP contribution in [0.25, 0.3) is 0 Å². The van der Waals surface area contributed by atoms with Crippen molar-refractivity contribution in [1.29, 1.82) is 0 Å². The Labute approximate surface area is 204 Å². The van der Waals surface area contributed by atoms with Crippen molar-refractivity contribution in [3.05, 3.63) is 0 Å². The smallest absolute Gasteiger partial charge is 0.407 e. The largest absolute Gasteiger partial charge is 0.444 e. The van der Waals surface area contributed by atoms with E-state index < -0.39 is 15.6 Å². The molecular weight excluding hydrogens is 533 g/mol. The van der Waals surface area contributed by atoms with Crippen LogP contribution in [0.4, 0.5) is 4.79 Å². The molecule has 0 atom stereocenters. The average molecular weight is 574 g/mol. The zero-order valence-electron chi connectivity index (χ0n) is 19.4. The van der Waals surface area contributed by atoms with E-state index in [1.807, 2.05) is 20.8 Å². The molecule has 0 bridgehead atoms. The third-order valence-corrected chi connectivity index (χ3v) is 6.92. The molecule has 1 aliphatic carbocycles. The van der Waals surface area contributed by atoms with Gasteiger partial charge in [0, 0.05) is 38.8 Å². The summed E-state index contributed by atoms with van der Waals surface area (Å²) in [6, 6.07) is 0.466. The standard InChI is InChI=1S/C20H39N5O4S.HI/c1-20(2,3)29-19(26)24-17-8-6-16(7-9-17)23-18(21-4)22-14-15-10-12-25(13-11-15)30(5,27)28;/h15-17H,6-14H2,1-5H3,(H,24,26)(H2,21,22,23);1H. The molecule has 2 rings (SSSR count). The number of ether oxygens (including phenoxy) is 1. The predicted molar refractivity (Wildman–Crippen MR) is 134 cm³/mol. The molecule has 11 heteroatoms. The summed E-state index contributed by atoms with van der Waals surface area (Å²) in [5.41, 5.74) is -0.484. The van der Waals surface area contributed by atoms with Gasteiger partial charge in [0.2, 0.25) is 10.0 Å². The highest BCUT2D eigenvalue weighted by Gasteiger charge is 2.27. The average Bonchev–Trinajstić information content (AvgIpc) is 2.64. The molecule has 2 fully saturated rings. The first-order chi connectivity index (χ1) is 14.0. The molecule has 9 nitrogen and oxygen atoms in total. The maximum Gasteiger partial charge on any atom is 0.407 e. The summed E-state index contributed by atoms with van der Waals surface area (Å²) >= 11 is 0. The number of piperidine rings is 1. The van der Waals surface area contributed by atoms with E-state index in [4.69, 9.17) is 4.74 Å². The minimum Gasteiger partial charge on any atom is -0.444 e. The zero-order chi connectivity index (χ0) is 22.4. The molecule has 0 aromatic rings. The summed E-state index contributed by atoms with van der Waals surface area (Å²) in [7, 11) is -1.32. The lowest BCUT2D eigenvalue weighted by Gasteiger charge is -2.32. The number of alkyl carbamates (subject to hydrolysis) is 1. The number of rotatable bonds is 5. The fourth-order valence-corrected chi connectivity index (χ4v) is 4.80. The molecule has 0 aromatic carbocycles. The van der Waals surface area contributed by atoms with Gasteiger partial charge >= 0.3 is 6.09 Å². The Bertz CT molecular complexity index is 695. The van der Waals surface area contributed by atoms with E-state index in [1.54, 1.807) is 11.4 Å². The van der Waals surface area contributed by atoms with Crippen LogP contribution in [0.3, 0.4) is 0 Å². The number of nitrogens with zero attached hydrogens (tertiary/aromatic N) is 2. The number of hydrogen-bond acceptors (Lipinski definition) is 5. The van der Waals surface area contributed by atoms with E-state index in [9.17, 15) is 13.2 Å². The Balaban J connectivity index is 0.00000480. The highest BCUT2D eigenvalue weighted by Crippen LogP contribution is 2.20. The van der Waals surface area contributed by atoms with Crippen LogP contribution in [-0.2, 0) is 14.8 Å². The van der Waals surface area contributed by atoms with Gasteiger partial charge in [0.25, 0.3) is 0 Å². The van der Waals surface area contributed by atoms with Gasteiger partial charge in [0.1, 0.15) is 5.60 Å². The van der Waals surface area contributed by atoms with Gasteiger partial charge in [0.15, 0.2) is 5.96 Å². The second-order valence-corrected chi connectivity index (χ2v) is 11.4. The second kappa shape index (κ2) is 12.4. The van der Waals surface area contributed by atoms with E-state index in [2.05, 4.69) is 20.9 Å². The fraction of sp³-hybridized carbons (Fsp3) is 0.900. The monoisotopic (exact) mass is 573 g/mol. The maximum absolute atomic E-state index is 11.9. The predicted octanol–water partition coefficient (Wildman–Crippen LogP) is 2.28. The van der Waals surface area contributed by atoms with Crippen molar-refractivity contribution in [2.75, 3.05) is 32.9 Å². The number of carbonyl (C=O) groups is 1. The van der Waals surface area contributed by atoms with Gasteiger partial charge < -0.3 is 20.7 Å². The van der Waals surface area contributed by atoms with Gasteiger partial charge in [-0.2, -0.15) is 0 Å². The Hall–Kier alpha value is -0.820. The minimum atomic E-state index is -3.08. The Morgan fingerprint density at radius 3 is 2.00 bits per heavy atom. The Morgan fingerprint density at radius 1 is 1.03 bits per heavy atom. The molecule has 1 aliphatic heterocycles. The molecule has 0 radical (unpaired) electrons. The quantitative estimate of drug-likeness (QED) is 0.265. The lowest BCUT2D eigenvalue weighted by atomic mass is 9.91. The number of nitrogens with one attached hydrogen (secondary N) is 3. The summed E-state index contributed by atoms with van der Waals surface area (Å²) in [5, 5.41) is 9.83. The van der Waals surface area contributed by atoms with Crippen LogP contribution in [0.15, 0.2) is 4.99 Å². The first-order valence-electron chi connectivity index (χ1n) is 10.9. The topological polar surface area (TPSA) is 112 Å². The van der Waals surface area contributed by atoms with Crippen LogP contribution in [0.2, 0.25) is 0 Å². The van der Waals surface area contributed by atoms with Gasteiger partial charge in [-0.25, -0.2) is 17.5 Å². The third kappa shape index (κ3) is 10.6. The van der Waals surface area contributed by atoms with Crippen molar-refractivity contribution in [1.82, 2.24) is 20.3 Å². The van der Waals surface area contributed by atoms with Crippen LogP contribution in [-0.4, -0.2) is 75.4 Å². The first-order valence-corrected chi connectivity index (χ1v) is 12.7. The number of sulfonamides is 1. The van der Waals surface area contributed by atoms with Crippen LogP contribution < -0.4 is 16.0 Å². The molecule has 3 N–H and O–H groups in total. The van der Waals surface area contributed by atoms with Crippen LogP contribution in [0, 0.1) is 5.92 Å². The van der Waals surface area contributed by atoms with Gasteiger partial charge in [-0.1, -0.05) is 0 Å². The second-order valence-electron chi connectivity index (χ2n) is 9.40. The molecule has 2 aliphatic rings. The van der Waals surface area contributed by atoms with Crippen LogP contribution in [0.5, 0.6) is 0 Å². The Morgan fingerprint density at radius 2 is 1.55 bits per heavy atom. The van der Waals surface area contributed by atoms with Crippen molar-refractivity contribution < 1.29 is 17.9 Å². The highest BCUT2D eigenvalue weighted by molar-refractivity contribution is 14.0. The molecule has 1 heterocycles. The van der Waals surface area contributed by atoms with Gasteiger partial charge in [0.05, 0.1) is 6.26 Å². The van der Waals surface area contributed by atoms with Gasteiger partial charge in [-0.15, -0.1) is 24.0 Å².